The van der Waals surface area contributed by atoms with Gasteiger partial charge in [-0.15, -0.1) is 11.3 Å². The highest BCUT2D eigenvalue weighted by Crippen LogP contribution is 2.44. The number of thiophene rings is 1. The molecular formula is C33H39F3OS. The largest absolute Gasteiger partial charge is 0.491 e. The van der Waals surface area contributed by atoms with Gasteiger partial charge in [0.25, 0.3) is 0 Å². The molecule has 0 radical (unpaired) electrons. The van der Waals surface area contributed by atoms with Crippen molar-refractivity contribution in [2.75, 3.05) is 6.61 Å². The first-order chi connectivity index (χ1) is 18.5. The molecule has 1 aromatic heterocycles. The molecule has 204 valence electrons. The maximum atomic E-state index is 15.3. The molecule has 1 unspecified atom stereocenters. The molecule has 5 rings (SSSR count). The summed E-state index contributed by atoms with van der Waals surface area (Å²) in [6.07, 6.45) is 15.7. The lowest BCUT2D eigenvalue weighted by Gasteiger charge is -2.35. The Balaban J connectivity index is 1.27. The molecule has 1 fully saturated rings. The van der Waals surface area contributed by atoms with Crippen molar-refractivity contribution >= 4 is 27.0 Å². The minimum Gasteiger partial charge on any atom is -0.491 e. The van der Waals surface area contributed by atoms with Crippen LogP contribution in [-0.2, 0) is 0 Å². The Hall–Kier alpha value is -2.27. The van der Waals surface area contributed by atoms with E-state index in [9.17, 15) is 4.39 Å². The average molecular weight is 541 g/mol. The fraction of sp³-hybridized carbons (Fsp3) is 0.515. The van der Waals surface area contributed by atoms with E-state index in [1.165, 1.54) is 51.4 Å². The zero-order chi connectivity index (χ0) is 26.6. The molecule has 1 nitrogen and oxygen atoms in total. The maximum absolute atomic E-state index is 15.3. The van der Waals surface area contributed by atoms with Crippen LogP contribution in [0, 0.1) is 35.2 Å². The van der Waals surface area contributed by atoms with E-state index in [1.807, 2.05) is 0 Å². The van der Waals surface area contributed by atoms with Crippen molar-refractivity contribution in [1.82, 2.24) is 0 Å². The van der Waals surface area contributed by atoms with Gasteiger partial charge >= 0.3 is 0 Å². The molecule has 38 heavy (non-hydrogen) atoms. The monoisotopic (exact) mass is 540 g/mol. The molecule has 0 N–H and O–H groups in total. The molecular weight excluding hydrogens is 501 g/mol. The van der Waals surface area contributed by atoms with E-state index in [-0.39, 0.29) is 11.3 Å². The second-order valence-corrected chi connectivity index (χ2v) is 12.2. The lowest BCUT2D eigenvalue weighted by atomic mass is 9.70. The molecule has 2 aliphatic carbocycles. The van der Waals surface area contributed by atoms with Crippen molar-refractivity contribution in [2.24, 2.45) is 17.8 Å². The van der Waals surface area contributed by atoms with Crippen molar-refractivity contribution < 1.29 is 17.9 Å². The first-order valence-electron chi connectivity index (χ1n) is 14.5. The predicted molar refractivity (Wildman–Crippen MR) is 153 cm³/mol. The van der Waals surface area contributed by atoms with E-state index in [2.05, 4.69) is 13.0 Å². The standard InChI is InChI=1S/C33H39F3OS/c1-3-5-6-7-21-8-10-22(11-9-21)23-12-14-24(15-13-23)26-17-18-27(31(35)30(26)34)29-20-25-16-19-28(37-4-2)32(36)33(25)38-29/h14,16-23H,3-13,15H2,1-2H3. The third-order valence-corrected chi connectivity index (χ3v) is 9.99. The summed E-state index contributed by atoms with van der Waals surface area (Å²) >= 11 is 1.13. The van der Waals surface area contributed by atoms with Gasteiger partial charge in [-0.2, -0.15) is 0 Å². The van der Waals surface area contributed by atoms with E-state index in [0.717, 1.165) is 48.0 Å². The van der Waals surface area contributed by atoms with Gasteiger partial charge in [-0.1, -0.05) is 57.6 Å². The summed E-state index contributed by atoms with van der Waals surface area (Å²) in [5.41, 5.74) is 1.46. The number of benzene rings is 2. The van der Waals surface area contributed by atoms with Crippen LogP contribution in [0.5, 0.6) is 5.75 Å². The molecule has 3 aromatic rings. The van der Waals surface area contributed by atoms with Crippen molar-refractivity contribution in [3.63, 3.8) is 0 Å². The van der Waals surface area contributed by atoms with Gasteiger partial charge in [0, 0.05) is 16.0 Å². The molecule has 0 aliphatic heterocycles. The fourth-order valence-corrected chi connectivity index (χ4v) is 7.71. The van der Waals surface area contributed by atoms with E-state index < -0.39 is 17.5 Å². The molecule has 2 aromatic carbocycles. The predicted octanol–water partition coefficient (Wildman–Crippen LogP) is 11.0. The summed E-state index contributed by atoms with van der Waals surface area (Å²) in [5, 5.41) is 0.658. The highest BCUT2D eigenvalue weighted by Gasteiger charge is 2.29. The number of allylic oxidation sites excluding steroid dienone is 2. The first-order valence-corrected chi connectivity index (χ1v) is 15.3. The molecule has 0 bridgehead atoms. The van der Waals surface area contributed by atoms with Gasteiger partial charge in [0.05, 0.1) is 11.3 Å². The molecule has 1 atom stereocenters. The van der Waals surface area contributed by atoms with Gasteiger partial charge in [-0.3, -0.25) is 0 Å². The Morgan fingerprint density at radius 2 is 1.61 bits per heavy atom. The Morgan fingerprint density at radius 1 is 0.842 bits per heavy atom. The molecule has 1 saturated carbocycles. The van der Waals surface area contributed by atoms with Crippen LogP contribution in [-0.4, -0.2) is 6.61 Å². The van der Waals surface area contributed by atoms with Crippen LogP contribution in [0.1, 0.15) is 90.0 Å². The zero-order valence-corrected chi connectivity index (χ0v) is 23.4. The molecule has 0 saturated heterocycles. The smallest absolute Gasteiger partial charge is 0.182 e. The van der Waals surface area contributed by atoms with Crippen molar-refractivity contribution in [3.8, 4) is 16.2 Å². The third-order valence-electron chi connectivity index (χ3n) is 8.81. The van der Waals surface area contributed by atoms with E-state index >= 15 is 8.78 Å². The quantitative estimate of drug-likeness (QED) is 0.245. The van der Waals surface area contributed by atoms with E-state index in [0.29, 0.717) is 33.1 Å². The second-order valence-electron chi connectivity index (χ2n) is 11.2. The van der Waals surface area contributed by atoms with Crippen LogP contribution in [0.3, 0.4) is 0 Å². The minimum absolute atomic E-state index is 0.176. The SMILES string of the molecule is CCCCCC1CCC(C2CC=C(c3ccc(-c4cc5ccc(OCC)c(F)c5s4)c(F)c3F)CC2)CC1. The number of ether oxygens (including phenoxy) is 1. The van der Waals surface area contributed by atoms with E-state index in [1.54, 1.807) is 37.3 Å². The normalized spacial score (nSPS) is 22.0. The van der Waals surface area contributed by atoms with Crippen LogP contribution in [0.25, 0.3) is 26.1 Å². The lowest BCUT2D eigenvalue weighted by molar-refractivity contribution is 0.187. The Kier molecular flexibility index (Phi) is 8.82. The highest BCUT2D eigenvalue weighted by atomic mass is 32.1. The summed E-state index contributed by atoms with van der Waals surface area (Å²) in [5.74, 6) is 0.417. The van der Waals surface area contributed by atoms with Crippen LogP contribution in [0.4, 0.5) is 13.2 Å². The van der Waals surface area contributed by atoms with Crippen LogP contribution in [0.15, 0.2) is 36.4 Å². The summed E-state index contributed by atoms with van der Waals surface area (Å²) in [4.78, 5) is 0.512. The van der Waals surface area contributed by atoms with Gasteiger partial charge < -0.3 is 4.74 Å². The average Bonchev–Trinajstić information content (AvgIpc) is 3.38. The number of hydrogen-bond donors (Lipinski definition) is 0. The number of rotatable bonds is 9. The maximum Gasteiger partial charge on any atom is 0.182 e. The Morgan fingerprint density at radius 3 is 2.32 bits per heavy atom. The van der Waals surface area contributed by atoms with Crippen molar-refractivity contribution in [3.05, 3.63) is 59.4 Å². The van der Waals surface area contributed by atoms with E-state index in [4.69, 9.17) is 4.74 Å². The summed E-state index contributed by atoms with van der Waals surface area (Å²) < 4.78 is 51.3. The number of halogens is 3. The topological polar surface area (TPSA) is 9.23 Å². The molecule has 1 heterocycles. The van der Waals surface area contributed by atoms with Gasteiger partial charge in [-0.05, 0) is 92.0 Å². The van der Waals surface area contributed by atoms with Crippen LogP contribution < -0.4 is 4.74 Å². The number of hydrogen-bond acceptors (Lipinski definition) is 2. The molecule has 5 heteroatoms. The van der Waals surface area contributed by atoms with Gasteiger partial charge in [0.15, 0.2) is 23.2 Å². The third kappa shape index (κ3) is 5.68. The van der Waals surface area contributed by atoms with Crippen molar-refractivity contribution in [1.29, 1.82) is 0 Å². The van der Waals surface area contributed by atoms with Gasteiger partial charge in [-0.25, -0.2) is 13.2 Å². The number of fused-ring (bicyclic) bond motifs is 1. The fourth-order valence-electron chi connectivity index (χ4n) is 6.60. The summed E-state index contributed by atoms with van der Waals surface area (Å²) in [7, 11) is 0. The highest BCUT2D eigenvalue weighted by molar-refractivity contribution is 7.22. The van der Waals surface area contributed by atoms with Crippen molar-refractivity contribution in [2.45, 2.75) is 84.5 Å². The summed E-state index contributed by atoms with van der Waals surface area (Å²) in [6, 6.07) is 8.41. The number of unbranched alkanes of at least 4 members (excludes halogenated alkanes) is 2. The van der Waals surface area contributed by atoms with Crippen LogP contribution >= 0.6 is 11.3 Å². The lowest BCUT2D eigenvalue weighted by Crippen LogP contribution is -2.23. The Bertz CT molecular complexity index is 1290. The Labute approximate surface area is 229 Å². The van der Waals surface area contributed by atoms with Gasteiger partial charge in [0.1, 0.15) is 0 Å². The molecule has 0 spiro atoms. The zero-order valence-electron chi connectivity index (χ0n) is 22.6. The first kappa shape index (κ1) is 27.3. The summed E-state index contributed by atoms with van der Waals surface area (Å²) in [6.45, 7) is 4.42. The molecule has 2 aliphatic rings. The van der Waals surface area contributed by atoms with Crippen LogP contribution in [0.2, 0.25) is 0 Å². The van der Waals surface area contributed by atoms with Gasteiger partial charge in [0.2, 0.25) is 0 Å². The molecule has 0 amide bonds. The minimum atomic E-state index is -0.857. The second kappa shape index (κ2) is 12.3.